The topological polar surface area (TPSA) is 83.2 Å². The van der Waals surface area contributed by atoms with Crippen molar-refractivity contribution in [3.05, 3.63) is 229 Å². The van der Waals surface area contributed by atoms with Crippen molar-refractivity contribution in [1.29, 1.82) is 10.5 Å². The van der Waals surface area contributed by atoms with Crippen LogP contribution in [0.4, 0.5) is 13.2 Å². The summed E-state index contributed by atoms with van der Waals surface area (Å²) in [5, 5.41) is 25.0. The largest absolute Gasteiger partial charge is 0.416 e. The Morgan fingerprint density at radius 1 is 0.386 bits per heavy atom. The normalized spacial score (nSPS) is 11.6. The van der Waals surface area contributed by atoms with Gasteiger partial charge in [-0.15, -0.1) is 0 Å². The van der Waals surface area contributed by atoms with E-state index in [-0.39, 0.29) is 22.3 Å². The fraction of sp³-hybridized carbons (Fsp3) is 0.0164. The molecular weight excluding hydrogens is 874 g/mol. The molecule has 0 aliphatic rings. The number of nitriles is 2. The standard InChI is InChI=1S/C61H35F3N6/c62-61(63,64)45-30-38(36-65)29-43(31-45)52-35-58(70-54-22-10-8-18-49(54)51-26-24-42(33-56(51)70)47-20-12-28-68-60(47)40-15-5-2-6-16-40)57(34-44(52)37-66)69-53-21-9-7-17-48(53)50-25-23-41(32-55(50)69)46-19-11-27-67-59(46)39-13-3-1-4-14-39/h1-35H. The van der Waals surface area contributed by atoms with Crippen molar-refractivity contribution in [2.24, 2.45) is 0 Å². The zero-order valence-corrected chi connectivity index (χ0v) is 37.0. The van der Waals surface area contributed by atoms with Gasteiger partial charge in [0.2, 0.25) is 0 Å². The molecule has 6 nitrogen and oxygen atoms in total. The molecule has 0 radical (unpaired) electrons. The molecule has 330 valence electrons. The minimum Gasteiger partial charge on any atom is -0.307 e. The predicted molar refractivity (Wildman–Crippen MR) is 272 cm³/mol. The molecule has 0 saturated heterocycles. The van der Waals surface area contributed by atoms with Gasteiger partial charge >= 0.3 is 6.18 Å². The van der Waals surface area contributed by atoms with Gasteiger partial charge in [-0.05, 0) is 83.4 Å². The van der Waals surface area contributed by atoms with Crippen molar-refractivity contribution in [3.8, 4) is 79.4 Å². The van der Waals surface area contributed by atoms with E-state index < -0.39 is 11.7 Å². The fourth-order valence-electron chi connectivity index (χ4n) is 10.0. The van der Waals surface area contributed by atoms with E-state index in [2.05, 4.69) is 75.9 Å². The quantitative estimate of drug-likeness (QED) is 0.159. The smallest absolute Gasteiger partial charge is 0.307 e. The van der Waals surface area contributed by atoms with Gasteiger partial charge < -0.3 is 9.13 Å². The summed E-state index contributed by atoms with van der Waals surface area (Å²) < 4.78 is 48.0. The molecule has 0 amide bonds. The van der Waals surface area contributed by atoms with Gasteiger partial charge in [-0.3, -0.25) is 9.97 Å². The lowest BCUT2D eigenvalue weighted by atomic mass is 9.94. The number of rotatable bonds is 7. The van der Waals surface area contributed by atoms with Gasteiger partial charge in [-0.1, -0.05) is 133 Å². The third-order valence-corrected chi connectivity index (χ3v) is 13.1. The highest BCUT2D eigenvalue weighted by molar-refractivity contribution is 6.13. The maximum absolute atomic E-state index is 14.6. The number of nitrogens with zero attached hydrogens (tertiary/aromatic N) is 6. The second-order valence-electron chi connectivity index (χ2n) is 17.1. The van der Waals surface area contributed by atoms with E-state index in [1.165, 1.54) is 6.07 Å². The number of halogens is 3. The zero-order valence-electron chi connectivity index (χ0n) is 37.0. The van der Waals surface area contributed by atoms with Crippen LogP contribution in [0, 0.1) is 22.7 Å². The Labute approximate surface area is 399 Å². The van der Waals surface area contributed by atoms with Crippen molar-refractivity contribution < 1.29 is 13.2 Å². The van der Waals surface area contributed by atoms with Crippen molar-refractivity contribution >= 4 is 43.6 Å². The average molecular weight is 909 g/mol. The van der Waals surface area contributed by atoms with E-state index in [0.29, 0.717) is 11.4 Å². The highest BCUT2D eigenvalue weighted by Crippen LogP contribution is 2.44. The first-order valence-electron chi connectivity index (χ1n) is 22.6. The van der Waals surface area contributed by atoms with Gasteiger partial charge in [-0.25, -0.2) is 0 Å². The fourth-order valence-corrected chi connectivity index (χ4v) is 10.0. The Bertz CT molecular complexity index is 4140. The third kappa shape index (κ3) is 6.96. The van der Waals surface area contributed by atoms with Gasteiger partial charge in [0, 0.05) is 61.8 Å². The SMILES string of the molecule is N#Cc1cc(-c2cc(-n3c4ccccc4c4ccc(-c5cccnc5-c5ccccc5)cc43)c(-n3c4ccccc4c4ccc(-c5cccnc5-c5ccccc5)cc43)cc2C#N)cc(C(F)(F)F)c1. The van der Waals surface area contributed by atoms with Crippen molar-refractivity contribution in [3.63, 3.8) is 0 Å². The summed E-state index contributed by atoms with van der Waals surface area (Å²) in [5.41, 5.74) is 11.1. The minimum atomic E-state index is -4.75. The van der Waals surface area contributed by atoms with E-state index in [1.54, 1.807) is 18.5 Å². The summed E-state index contributed by atoms with van der Waals surface area (Å²) in [6, 6.07) is 67.9. The number of alkyl halides is 3. The molecule has 70 heavy (non-hydrogen) atoms. The molecule has 0 fully saturated rings. The Morgan fingerprint density at radius 3 is 1.37 bits per heavy atom. The molecule has 0 bridgehead atoms. The van der Waals surface area contributed by atoms with Crippen molar-refractivity contribution in [1.82, 2.24) is 19.1 Å². The highest BCUT2D eigenvalue weighted by Gasteiger charge is 2.32. The first kappa shape index (κ1) is 41.8. The minimum absolute atomic E-state index is 0.0922. The summed E-state index contributed by atoms with van der Waals surface area (Å²) in [4.78, 5) is 9.68. The molecule has 0 saturated carbocycles. The van der Waals surface area contributed by atoms with Gasteiger partial charge in [0.25, 0.3) is 0 Å². The molecule has 8 aromatic carbocycles. The first-order valence-corrected chi connectivity index (χ1v) is 22.6. The first-order chi connectivity index (χ1) is 34.3. The number of fused-ring (bicyclic) bond motifs is 6. The molecular formula is C61H35F3N6. The summed E-state index contributed by atoms with van der Waals surface area (Å²) in [6.07, 6.45) is -1.18. The van der Waals surface area contributed by atoms with Crippen LogP contribution in [0.5, 0.6) is 0 Å². The third-order valence-electron chi connectivity index (χ3n) is 13.1. The molecule has 9 heteroatoms. The molecule has 0 unspecified atom stereocenters. The molecule has 4 heterocycles. The highest BCUT2D eigenvalue weighted by atomic mass is 19.4. The van der Waals surface area contributed by atoms with Gasteiger partial charge in [0.05, 0.1) is 73.7 Å². The summed E-state index contributed by atoms with van der Waals surface area (Å²) in [6.45, 7) is 0. The van der Waals surface area contributed by atoms with E-state index in [4.69, 9.17) is 9.97 Å². The van der Waals surface area contributed by atoms with Gasteiger partial charge in [0.15, 0.2) is 0 Å². The lowest BCUT2D eigenvalue weighted by molar-refractivity contribution is -0.137. The van der Waals surface area contributed by atoms with E-state index in [0.717, 1.165) is 101 Å². The Hall–Kier alpha value is -9.57. The van der Waals surface area contributed by atoms with Gasteiger partial charge in [0.1, 0.15) is 0 Å². The van der Waals surface area contributed by atoms with E-state index in [9.17, 15) is 23.7 Å². The lowest BCUT2D eigenvalue weighted by Gasteiger charge is -2.20. The van der Waals surface area contributed by atoms with Crippen LogP contribution in [0.2, 0.25) is 0 Å². The molecule has 12 aromatic rings. The number of pyridine rings is 2. The summed E-state index contributed by atoms with van der Waals surface area (Å²) >= 11 is 0. The second kappa shape index (κ2) is 16.6. The van der Waals surface area contributed by atoms with Crippen LogP contribution in [-0.4, -0.2) is 19.1 Å². The van der Waals surface area contributed by atoms with Crippen LogP contribution in [-0.2, 0) is 6.18 Å². The Balaban J connectivity index is 1.20. The van der Waals surface area contributed by atoms with Crippen LogP contribution in [0.3, 0.4) is 0 Å². The summed E-state index contributed by atoms with van der Waals surface area (Å²) in [5.74, 6) is 0. The van der Waals surface area contributed by atoms with Crippen molar-refractivity contribution in [2.45, 2.75) is 6.18 Å². The monoisotopic (exact) mass is 908 g/mol. The Morgan fingerprint density at radius 2 is 0.871 bits per heavy atom. The lowest BCUT2D eigenvalue weighted by Crippen LogP contribution is -2.07. The number of aromatic nitrogens is 4. The van der Waals surface area contributed by atoms with Crippen LogP contribution >= 0.6 is 0 Å². The number of benzene rings is 8. The zero-order chi connectivity index (χ0) is 47.5. The van der Waals surface area contributed by atoms with Crippen LogP contribution in [0.25, 0.3) is 111 Å². The molecule has 12 rings (SSSR count). The van der Waals surface area contributed by atoms with Crippen LogP contribution < -0.4 is 0 Å². The number of hydrogen-bond donors (Lipinski definition) is 0. The van der Waals surface area contributed by atoms with Crippen LogP contribution in [0.1, 0.15) is 16.7 Å². The molecule has 0 atom stereocenters. The van der Waals surface area contributed by atoms with E-state index in [1.807, 2.05) is 121 Å². The predicted octanol–water partition coefficient (Wildman–Crippen LogP) is 15.8. The van der Waals surface area contributed by atoms with E-state index >= 15 is 0 Å². The number of hydrogen-bond acceptors (Lipinski definition) is 4. The average Bonchev–Trinajstić information content (AvgIpc) is 3.92. The maximum Gasteiger partial charge on any atom is 0.416 e. The summed E-state index contributed by atoms with van der Waals surface area (Å²) in [7, 11) is 0. The molecule has 0 N–H and O–H groups in total. The van der Waals surface area contributed by atoms with Gasteiger partial charge in [-0.2, -0.15) is 23.7 Å². The van der Waals surface area contributed by atoms with Crippen molar-refractivity contribution in [2.75, 3.05) is 0 Å². The van der Waals surface area contributed by atoms with Crippen LogP contribution in [0.15, 0.2) is 213 Å². The maximum atomic E-state index is 14.6. The second-order valence-corrected chi connectivity index (χ2v) is 17.1. The molecule has 0 spiro atoms. The molecule has 0 aliphatic heterocycles. The molecule has 0 aliphatic carbocycles. The molecule has 4 aromatic heterocycles. The Kier molecular flexibility index (Phi) is 9.94. The number of para-hydroxylation sites is 2.